The molecule has 1 aliphatic heterocycles. The van der Waals surface area contributed by atoms with Crippen LogP contribution in [0, 0.1) is 0 Å². The zero-order valence-corrected chi connectivity index (χ0v) is 13.6. The van der Waals surface area contributed by atoms with Crippen LogP contribution in [0.5, 0.6) is 0 Å². The molecular formula is C16H18N6O2. The second-order valence-electron chi connectivity index (χ2n) is 5.75. The Morgan fingerprint density at radius 2 is 1.88 bits per heavy atom. The Kier molecular flexibility index (Phi) is 4.37. The summed E-state index contributed by atoms with van der Waals surface area (Å²) in [4.78, 5) is 39.8. The van der Waals surface area contributed by atoms with E-state index < -0.39 is 0 Å². The molecule has 0 aliphatic carbocycles. The summed E-state index contributed by atoms with van der Waals surface area (Å²) in [6, 6.07) is -0.0445. The molecule has 0 spiro atoms. The van der Waals surface area contributed by atoms with E-state index >= 15 is 0 Å². The summed E-state index contributed by atoms with van der Waals surface area (Å²) in [5.74, 6) is -0.249. The SMILES string of the molecule is CN(C)C(=O)N1CCc2c(cncc2C(=O)Nc2cncnc2)C1. The molecule has 0 unspecified atom stereocenters. The largest absolute Gasteiger partial charge is 0.331 e. The fraction of sp³-hybridized carbons (Fsp3) is 0.312. The highest BCUT2D eigenvalue weighted by Crippen LogP contribution is 2.23. The lowest BCUT2D eigenvalue weighted by molar-refractivity contribution is 0.102. The summed E-state index contributed by atoms with van der Waals surface area (Å²) < 4.78 is 0. The molecule has 2 aromatic rings. The minimum Gasteiger partial charge on any atom is -0.331 e. The van der Waals surface area contributed by atoms with Crippen molar-refractivity contribution in [3.63, 3.8) is 0 Å². The van der Waals surface area contributed by atoms with Crippen LogP contribution in [0.25, 0.3) is 0 Å². The number of urea groups is 1. The fourth-order valence-corrected chi connectivity index (χ4v) is 2.70. The molecule has 0 saturated carbocycles. The number of carbonyl (C=O) groups excluding carboxylic acids is 2. The smallest absolute Gasteiger partial charge is 0.319 e. The van der Waals surface area contributed by atoms with Gasteiger partial charge in [0.1, 0.15) is 6.33 Å². The second kappa shape index (κ2) is 6.61. The number of rotatable bonds is 2. The maximum Gasteiger partial charge on any atom is 0.319 e. The minimum atomic E-state index is -0.249. The van der Waals surface area contributed by atoms with Crippen molar-refractivity contribution in [3.8, 4) is 0 Å². The van der Waals surface area contributed by atoms with Gasteiger partial charge in [-0.3, -0.25) is 9.78 Å². The summed E-state index contributed by atoms with van der Waals surface area (Å²) in [7, 11) is 3.45. The Labute approximate surface area is 139 Å². The molecule has 8 nitrogen and oxygen atoms in total. The van der Waals surface area contributed by atoms with Crippen molar-refractivity contribution in [2.75, 3.05) is 26.0 Å². The summed E-state index contributed by atoms with van der Waals surface area (Å²) >= 11 is 0. The van der Waals surface area contributed by atoms with Crippen LogP contribution in [-0.2, 0) is 13.0 Å². The van der Waals surface area contributed by atoms with E-state index in [4.69, 9.17) is 0 Å². The van der Waals surface area contributed by atoms with E-state index in [0.717, 1.165) is 11.1 Å². The average Bonchev–Trinajstić information content (AvgIpc) is 2.60. The van der Waals surface area contributed by atoms with Crippen molar-refractivity contribution in [3.05, 3.63) is 47.8 Å². The van der Waals surface area contributed by atoms with Gasteiger partial charge in [0.15, 0.2) is 0 Å². The monoisotopic (exact) mass is 326 g/mol. The quantitative estimate of drug-likeness (QED) is 0.894. The predicted octanol–water partition coefficient (Wildman–Crippen LogP) is 1.16. The highest BCUT2D eigenvalue weighted by Gasteiger charge is 2.25. The number of nitrogens with zero attached hydrogens (tertiary/aromatic N) is 5. The number of anilines is 1. The van der Waals surface area contributed by atoms with Crippen molar-refractivity contribution >= 4 is 17.6 Å². The van der Waals surface area contributed by atoms with Gasteiger partial charge in [0.25, 0.3) is 5.91 Å². The highest BCUT2D eigenvalue weighted by molar-refractivity contribution is 6.05. The Morgan fingerprint density at radius 3 is 2.58 bits per heavy atom. The molecule has 2 aromatic heterocycles. The van der Waals surface area contributed by atoms with Gasteiger partial charge in [-0.15, -0.1) is 0 Å². The van der Waals surface area contributed by atoms with Gasteiger partial charge in [-0.05, 0) is 17.5 Å². The molecule has 3 heterocycles. The molecule has 8 heteroatoms. The third-order valence-electron chi connectivity index (χ3n) is 3.86. The topological polar surface area (TPSA) is 91.3 Å². The highest BCUT2D eigenvalue weighted by atomic mass is 16.2. The minimum absolute atomic E-state index is 0.0445. The lowest BCUT2D eigenvalue weighted by Crippen LogP contribution is -2.42. The van der Waals surface area contributed by atoms with Gasteiger partial charge in [-0.2, -0.15) is 0 Å². The summed E-state index contributed by atoms with van der Waals surface area (Å²) in [5.41, 5.74) is 2.88. The van der Waals surface area contributed by atoms with Gasteiger partial charge in [0.2, 0.25) is 0 Å². The molecule has 0 radical (unpaired) electrons. The van der Waals surface area contributed by atoms with E-state index in [0.29, 0.717) is 30.8 Å². The summed E-state index contributed by atoms with van der Waals surface area (Å²) in [6.07, 6.45) is 8.36. The first-order valence-electron chi connectivity index (χ1n) is 7.54. The number of carbonyl (C=O) groups is 2. The van der Waals surface area contributed by atoms with Gasteiger partial charge in [-0.25, -0.2) is 14.8 Å². The lowest BCUT2D eigenvalue weighted by atomic mass is 9.97. The van der Waals surface area contributed by atoms with Crippen LogP contribution in [0.1, 0.15) is 21.5 Å². The van der Waals surface area contributed by atoms with Crippen LogP contribution in [-0.4, -0.2) is 57.3 Å². The van der Waals surface area contributed by atoms with E-state index in [9.17, 15) is 9.59 Å². The van der Waals surface area contributed by atoms with Gasteiger partial charge < -0.3 is 15.1 Å². The fourth-order valence-electron chi connectivity index (χ4n) is 2.70. The first kappa shape index (κ1) is 15.9. The first-order chi connectivity index (χ1) is 11.6. The Bertz CT molecular complexity index is 762. The molecule has 124 valence electrons. The molecule has 1 aliphatic rings. The van der Waals surface area contributed by atoms with Crippen LogP contribution in [0.3, 0.4) is 0 Å². The molecule has 0 saturated heterocycles. The molecular weight excluding hydrogens is 308 g/mol. The van der Waals surface area contributed by atoms with Crippen molar-refractivity contribution in [2.45, 2.75) is 13.0 Å². The summed E-state index contributed by atoms with van der Waals surface area (Å²) in [5, 5.41) is 2.77. The Balaban J connectivity index is 1.81. The van der Waals surface area contributed by atoms with Gasteiger partial charge >= 0.3 is 6.03 Å². The lowest BCUT2D eigenvalue weighted by Gasteiger charge is -2.31. The Morgan fingerprint density at radius 1 is 1.12 bits per heavy atom. The molecule has 0 aromatic carbocycles. The zero-order valence-electron chi connectivity index (χ0n) is 13.6. The molecule has 3 rings (SSSR count). The molecule has 0 bridgehead atoms. The number of nitrogens with one attached hydrogen (secondary N) is 1. The van der Waals surface area contributed by atoms with E-state index in [2.05, 4.69) is 20.3 Å². The second-order valence-corrected chi connectivity index (χ2v) is 5.75. The molecule has 0 atom stereocenters. The van der Waals surface area contributed by atoms with Gasteiger partial charge in [0.05, 0.1) is 23.6 Å². The maximum atomic E-state index is 12.5. The number of hydrogen-bond acceptors (Lipinski definition) is 5. The normalized spacial score (nSPS) is 13.2. The van der Waals surface area contributed by atoms with Crippen LogP contribution < -0.4 is 5.32 Å². The van der Waals surface area contributed by atoms with Crippen molar-refractivity contribution in [1.29, 1.82) is 0 Å². The standard InChI is InChI=1S/C16H18N6O2/c1-21(2)16(24)22-4-3-13-11(9-22)5-17-8-14(13)15(23)20-12-6-18-10-19-7-12/h5-8,10H,3-4,9H2,1-2H3,(H,20,23). The van der Waals surface area contributed by atoms with E-state index in [1.807, 2.05) is 0 Å². The third kappa shape index (κ3) is 3.17. The number of amides is 3. The number of fused-ring (bicyclic) bond motifs is 1. The van der Waals surface area contributed by atoms with Crippen molar-refractivity contribution < 1.29 is 9.59 Å². The van der Waals surface area contributed by atoms with Crippen molar-refractivity contribution in [2.24, 2.45) is 0 Å². The van der Waals surface area contributed by atoms with E-state index in [-0.39, 0.29) is 11.9 Å². The van der Waals surface area contributed by atoms with Crippen LogP contribution in [0.4, 0.5) is 10.5 Å². The summed E-state index contributed by atoms with van der Waals surface area (Å²) in [6.45, 7) is 1.03. The molecule has 0 fully saturated rings. The molecule has 3 amide bonds. The van der Waals surface area contributed by atoms with E-state index in [1.54, 1.807) is 36.3 Å². The van der Waals surface area contributed by atoms with Gasteiger partial charge in [-0.1, -0.05) is 0 Å². The van der Waals surface area contributed by atoms with Gasteiger partial charge in [0, 0.05) is 39.6 Å². The number of aromatic nitrogens is 3. The van der Waals surface area contributed by atoms with E-state index in [1.165, 1.54) is 18.7 Å². The Hall–Kier alpha value is -3.03. The third-order valence-corrected chi connectivity index (χ3v) is 3.86. The average molecular weight is 326 g/mol. The first-order valence-corrected chi connectivity index (χ1v) is 7.54. The molecule has 24 heavy (non-hydrogen) atoms. The van der Waals surface area contributed by atoms with Crippen LogP contribution >= 0.6 is 0 Å². The number of pyridine rings is 1. The van der Waals surface area contributed by atoms with Crippen molar-refractivity contribution in [1.82, 2.24) is 24.8 Å². The zero-order chi connectivity index (χ0) is 17.1. The predicted molar refractivity (Wildman–Crippen MR) is 87.4 cm³/mol. The maximum absolute atomic E-state index is 12.5. The number of hydrogen-bond donors (Lipinski definition) is 1. The molecule has 1 N–H and O–H groups in total. The van der Waals surface area contributed by atoms with Crippen LogP contribution in [0.15, 0.2) is 31.1 Å². The van der Waals surface area contributed by atoms with Crippen LogP contribution in [0.2, 0.25) is 0 Å².